The number of halogens is 4. The molecule has 3 heterocycles. The fraction of sp³-hybridized carbons (Fsp3) is 0.200. The van der Waals surface area contributed by atoms with E-state index in [0.717, 1.165) is 51.8 Å². The quantitative estimate of drug-likeness (QED) is 0.227. The van der Waals surface area contributed by atoms with Crippen LogP contribution in [-0.4, -0.2) is 34.6 Å². The van der Waals surface area contributed by atoms with Crippen LogP contribution in [0.2, 0.25) is 0 Å². The molecular weight excluding hydrogens is 683 g/mol. The second-order valence-electron chi connectivity index (χ2n) is 10.2. The Labute approximate surface area is 264 Å². The number of hydrogen-bond acceptors (Lipinski definition) is 7. The number of nitrogens with zero attached hydrogens (tertiary/aromatic N) is 1. The Hall–Kier alpha value is -3.88. The number of thioether (sulfide) groups is 1. The van der Waals surface area contributed by atoms with Crippen LogP contribution < -0.4 is 19.8 Å². The molecule has 0 spiro atoms. The lowest BCUT2D eigenvalue weighted by atomic mass is 9.82. The van der Waals surface area contributed by atoms with Crippen molar-refractivity contribution in [1.82, 2.24) is 4.98 Å². The zero-order valence-electron chi connectivity index (χ0n) is 22.6. The number of anilines is 2. The molecular formula is C30H21BrF3N3O5S2. The molecule has 2 aliphatic heterocycles. The summed E-state index contributed by atoms with van der Waals surface area (Å²) in [6.45, 7) is 1.55. The summed E-state index contributed by atoms with van der Waals surface area (Å²) in [5.74, 6) is -3.53. The lowest BCUT2D eigenvalue weighted by Crippen LogP contribution is -2.32. The van der Waals surface area contributed by atoms with Crippen molar-refractivity contribution in [1.29, 1.82) is 0 Å². The molecule has 14 heteroatoms. The summed E-state index contributed by atoms with van der Waals surface area (Å²) in [5, 5.41) is 2.11. The molecule has 2 aliphatic rings. The van der Waals surface area contributed by atoms with Gasteiger partial charge in [-0.2, -0.15) is 13.2 Å². The molecule has 0 aliphatic carbocycles. The minimum absolute atomic E-state index is 0.195. The molecule has 1 fully saturated rings. The van der Waals surface area contributed by atoms with Gasteiger partial charge in [-0.3, -0.25) is 19.2 Å². The lowest BCUT2D eigenvalue weighted by molar-refractivity contribution is -0.137. The Morgan fingerprint density at radius 2 is 1.80 bits per heavy atom. The normalized spacial score (nSPS) is 19.5. The molecule has 1 saturated heterocycles. The highest BCUT2D eigenvalue weighted by Crippen LogP contribution is 2.55. The van der Waals surface area contributed by atoms with Crippen molar-refractivity contribution in [3.05, 3.63) is 102 Å². The number of H-pyrrole nitrogens is 1. The second kappa shape index (κ2) is 11.6. The summed E-state index contributed by atoms with van der Waals surface area (Å²) in [7, 11) is 0. The molecule has 44 heavy (non-hydrogen) atoms. The number of imide groups is 1. The molecule has 3 amide bonds. The molecule has 1 aromatic heterocycles. The number of amides is 3. The lowest BCUT2D eigenvalue weighted by Gasteiger charge is -2.31. The number of nitrogens with one attached hydrogen (secondary N) is 2. The maximum atomic E-state index is 14.0. The van der Waals surface area contributed by atoms with Crippen molar-refractivity contribution in [3.63, 3.8) is 0 Å². The maximum Gasteiger partial charge on any atom is 0.416 e. The van der Waals surface area contributed by atoms with Crippen LogP contribution in [0.5, 0.6) is 5.75 Å². The Balaban J connectivity index is 1.36. The van der Waals surface area contributed by atoms with Gasteiger partial charge in [0.25, 0.3) is 5.91 Å². The Morgan fingerprint density at radius 3 is 2.52 bits per heavy atom. The standard InChI is InChI=1S/C30H21BrF3N3O5S2/c1-14-5-8-17(9-6-14)35-21(38)13-42-20-10-7-16(31)12-19(20)22-23-25(43-26-24(22)44-29(41)36-26)28(40)37(27(23)39)18-4-2-3-15(11-18)30(32,33)34/h2-12,22-23,25H,13H2,1H3,(H,35,38)(H,36,41)/t22-,23?,25?/m1/s1. The topological polar surface area (TPSA) is 109 Å². The molecule has 0 saturated carbocycles. The molecule has 2 unspecified atom stereocenters. The first-order chi connectivity index (χ1) is 20.9. The first-order valence-electron chi connectivity index (χ1n) is 13.1. The third-order valence-corrected chi connectivity index (χ3v) is 10.2. The van der Waals surface area contributed by atoms with Crippen LogP contribution in [0, 0.1) is 12.8 Å². The van der Waals surface area contributed by atoms with Gasteiger partial charge in [-0.1, -0.05) is 62.8 Å². The number of fused-ring (bicyclic) bond motifs is 2. The van der Waals surface area contributed by atoms with Crippen LogP contribution in [0.3, 0.4) is 0 Å². The molecule has 0 radical (unpaired) electrons. The average Bonchev–Trinajstić information content (AvgIpc) is 3.47. The van der Waals surface area contributed by atoms with Gasteiger partial charge in [0.05, 0.1) is 22.2 Å². The number of hydrogen-bond donors (Lipinski definition) is 2. The zero-order valence-corrected chi connectivity index (χ0v) is 25.8. The highest BCUT2D eigenvalue weighted by atomic mass is 79.9. The van der Waals surface area contributed by atoms with Gasteiger partial charge in [0.1, 0.15) is 11.0 Å². The molecule has 3 aromatic carbocycles. The summed E-state index contributed by atoms with van der Waals surface area (Å²) < 4.78 is 47.0. The van der Waals surface area contributed by atoms with Gasteiger partial charge in [-0.05, 0) is 55.5 Å². The highest BCUT2D eigenvalue weighted by Gasteiger charge is 2.57. The number of aromatic nitrogens is 1. The number of rotatable bonds is 6. The second-order valence-corrected chi connectivity index (χ2v) is 13.3. The molecule has 4 aromatic rings. The summed E-state index contributed by atoms with van der Waals surface area (Å²) >= 11 is 5.32. The molecule has 8 nitrogen and oxygen atoms in total. The summed E-state index contributed by atoms with van der Waals surface area (Å²) in [4.78, 5) is 56.5. The van der Waals surface area contributed by atoms with Gasteiger partial charge in [-0.25, -0.2) is 4.90 Å². The first kappa shape index (κ1) is 30.2. The minimum Gasteiger partial charge on any atom is -0.483 e. The predicted octanol–water partition coefficient (Wildman–Crippen LogP) is 6.34. The summed E-state index contributed by atoms with van der Waals surface area (Å²) in [6, 6.07) is 16.2. The van der Waals surface area contributed by atoms with E-state index in [1.54, 1.807) is 30.3 Å². The van der Waals surface area contributed by atoms with E-state index < -0.39 is 51.4 Å². The Morgan fingerprint density at radius 1 is 1.05 bits per heavy atom. The van der Waals surface area contributed by atoms with Crippen LogP contribution in [0.15, 0.2) is 81.0 Å². The van der Waals surface area contributed by atoms with E-state index >= 15 is 0 Å². The zero-order chi connectivity index (χ0) is 31.3. The molecule has 3 atom stereocenters. The van der Waals surface area contributed by atoms with E-state index in [4.69, 9.17) is 4.74 Å². The maximum absolute atomic E-state index is 14.0. The molecule has 226 valence electrons. The fourth-order valence-corrected chi connectivity index (χ4v) is 8.18. The van der Waals surface area contributed by atoms with E-state index in [0.29, 0.717) is 25.6 Å². The van der Waals surface area contributed by atoms with Crippen molar-refractivity contribution in [3.8, 4) is 5.75 Å². The van der Waals surface area contributed by atoms with Gasteiger partial charge < -0.3 is 15.0 Å². The van der Waals surface area contributed by atoms with E-state index in [1.807, 2.05) is 19.1 Å². The third-order valence-electron chi connectivity index (χ3n) is 7.26. The first-order valence-corrected chi connectivity index (χ1v) is 15.6. The van der Waals surface area contributed by atoms with Crippen molar-refractivity contribution >= 4 is 68.1 Å². The van der Waals surface area contributed by atoms with Gasteiger partial charge >= 0.3 is 11.0 Å². The summed E-state index contributed by atoms with van der Waals surface area (Å²) in [6.07, 6.45) is -4.68. The van der Waals surface area contributed by atoms with Crippen molar-refractivity contribution in [2.45, 2.75) is 29.3 Å². The smallest absolute Gasteiger partial charge is 0.416 e. The van der Waals surface area contributed by atoms with Gasteiger partial charge in [0.15, 0.2) is 6.61 Å². The highest BCUT2D eigenvalue weighted by molar-refractivity contribution is 9.10. The van der Waals surface area contributed by atoms with E-state index in [9.17, 15) is 32.3 Å². The number of aryl methyl sites for hydroxylation is 1. The van der Waals surface area contributed by atoms with Crippen molar-refractivity contribution < 1.29 is 32.3 Å². The molecule has 0 bridgehead atoms. The van der Waals surface area contributed by atoms with Crippen LogP contribution >= 0.6 is 39.0 Å². The fourth-order valence-electron chi connectivity index (χ4n) is 5.30. The van der Waals surface area contributed by atoms with Crippen LogP contribution in [0.25, 0.3) is 0 Å². The van der Waals surface area contributed by atoms with Crippen molar-refractivity contribution in [2.75, 3.05) is 16.8 Å². The third kappa shape index (κ3) is 5.69. The predicted molar refractivity (Wildman–Crippen MR) is 163 cm³/mol. The van der Waals surface area contributed by atoms with Gasteiger partial charge in [0.2, 0.25) is 11.8 Å². The number of aromatic amines is 1. The SMILES string of the molecule is Cc1ccc(NC(=O)COc2ccc(Br)cc2[C@H]2c3sc(=O)[nH]c3SC3C(=O)N(c4cccc(C(F)(F)F)c4)C(=O)C32)cc1. The number of thiazole rings is 1. The number of carbonyl (C=O) groups excluding carboxylic acids is 3. The average molecular weight is 705 g/mol. The van der Waals surface area contributed by atoms with E-state index in [-0.39, 0.29) is 18.0 Å². The summed E-state index contributed by atoms with van der Waals surface area (Å²) in [5.41, 5.74) is 0.851. The minimum atomic E-state index is -4.68. The van der Waals surface area contributed by atoms with Crippen LogP contribution in [0.4, 0.5) is 24.5 Å². The largest absolute Gasteiger partial charge is 0.483 e. The monoisotopic (exact) mass is 703 g/mol. The van der Waals surface area contributed by atoms with E-state index in [2.05, 4.69) is 26.2 Å². The Kier molecular flexibility index (Phi) is 7.92. The van der Waals surface area contributed by atoms with Crippen molar-refractivity contribution in [2.24, 2.45) is 5.92 Å². The molecule has 2 N–H and O–H groups in total. The number of alkyl halides is 3. The van der Waals surface area contributed by atoms with E-state index in [1.165, 1.54) is 6.07 Å². The van der Waals surface area contributed by atoms with Gasteiger partial charge in [0, 0.05) is 26.5 Å². The number of ether oxygens (including phenoxy) is 1. The Bertz CT molecular complexity index is 1860. The van der Waals surface area contributed by atoms with Gasteiger partial charge in [-0.15, -0.1) is 0 Å². The number of benzene rings is 3. The van der Waals surface area contributed by atoms with Crippen LogP contribution in [-0.2, 0) is 20.6 Å². The van der Waals surface area contributed by atoms with Crippen LogP contribution in [0.1, 0.15) is 27.5 Å². The number of carbonyl (C=O) groups is 3. The molecule has 6 rings (SSSR count).